The standard InChI is InChI=1S/C15H21N3O3S/c16-5-1-2-12-11-17-15-4-3-13(10-14(12)15)22(19,20)18-6-8-21-9-7-18/h3-4,10-11,17H,1-2,5-9,16H2. The number of nitrogens with one attached hydrogen (secondary N) is 1. The second-order valence-corrected chi connectivity index (χ2v) is 7.37. The number of nitrogens with zero attached hydrogens (tertiary/aromatic N) is 1. The maximum Gasteiger partial charge on any atom is 0.243 e. The molecule has 2 heterocycles. The number of hydrogen-bond acceptors (Lipinski definition) is 4. The van der Waals surface area contributed by atoms with Gasteiger partial charge in [0.1, 0.15) is 0 Å². The zero-order chi connectivity index (χ0) is 15.6. The number of benzene rings is 1. The molecule has 0 bridgehead atoms. The third kappa shape index (κ3) is 2.89. The Labute approximate surface area is 130 Å². The summed E-state index contributed by atoms with van der Waals surface area (Å²) in [4.78, 5) is 3.53. The maximum atomic E-state index is 12.7. The number of ether oxygens (including phenoxy) is 1. The highest BCUT2D eigenvalue weighted by atomic mass is 32.2. The summed E-state index contributed by atoms with van der Waals surface area (Å²) in [5.74, 6) is 0. The number of morpholine rings is 1. The first-order valence-corrected chi connectivity index (χ1v) is 8.95. The van der Waals surface area contributed by atoms with Gasteiger partial charge in [-0.2, -0.15) is 4.31 Å². The average molecular weight is 323 g/mol. The lowest BCUT2D eigenvalue weighted by molar-refractivity contribution is 0.0730. The Morgan fingerprint density at radius 2 is 2.05 bits per heavy atom. The lowest BCUT2D eigenvalue weighted by Gasteiger charge is -2.26. The van der Waals surface area contributed by atoms with Gasteiger partial charge in [0, 0.05) is 30.2 Å². The number of aryl methyl sites for hydroxylation is 1. The first-order chi connectivity index (χ1) is 10.6. The van der Waals surface area contributed by atoms with Crippen LogP contribution in [0.15, 0.2) is 29.3 Å². The van der Waals surface area contributed by atoms with E-state index in [0.717, 1.165) is 29.3 Å². The molecular weight excluding hydrogens is 302 g/mol. The minimum absolute atomic E-state index is 0.343. The van der Waals surface area contributed by atoms with E-state index in [4.69, 9.17) is 10.5 Å². The molecular formula is C15H21N3O3S. The molecule has 0 unspecified atom stereocenters. The van der Waals surface area contributed by atoms with Crippen LogP contribution in [0.3, 0.4) is 0 Å². The monoisotopic (exact) mass is 323 g/mol. The Bertz CT molecular complexity index is 748. The van der Waals surface area contributed by atoms with Crippen LogP contribution in [-0.2, 0) is 21.2 Å². The normalized spacial score (nSPS) is 17.1. The van der Waals surface area contributed by atoms with Crippen LogP contribution in [0.2, 0.25) is 0 Å². The van der Waals surface area contributed by atoms with E-state index in [-0.39, 0.29) is 0 Å². The molecule has 1 fully saturated rings. The molecule has 1 aliphatic rings. The second-order valence-electron chi connectivity index (χ2n) is 5.43. The van der Waals surface area contributed by atoms with Crippen molar-refractivity contribution in [3.05, 3.63) is 30.0 Å². The van der Waals surface area contributed by atoms with E-state index in [1.54, 1.807) is 12.1 Å². The average Bonchev–Trinajstić information content (AvgIpc) is 2.96. The first kappa shape index (κ1) is 15.5. The van der Waals surface area contributed by atoms with Crippen LogP contribution < -0.4 is 5.73 Å². The van der Waals surface area contributed by atoms with Crippen molar-refractivity contribution in [3.63, 3.8) is 0 Å². The molecule has 22 heavy (non-hydrogen) atoms. The van der Waals surface area contributed by atoms with Crippen molar-refractivity contribution in [2.45, 2.75) is 17.7 Å². The highest BCUT2D eigenvalue weighted by Gasteiger charge is 2.26. The molecule has 1 saturated heterocycles. The van der Waals surface area contributed by atoms with Crippen LogP contribution in [0.5, 0.6) is 0 Å². The molecule has 120 valence electrons. The van der Waals surface area contributed by atoms with E-state index in [1.807, 2.05) is 12.3 Å². The fourth-order valence-electron chi connectivity index (χ4n) is 2.75. The number of H-pyrrole nitrogens is 1. The summed E-state index contributed by atoms with van der Waals surface area (Å²) in [6.07, 6.45) is 3.66. The summed E-state index contributed by atoms with van der Waals surface area (Å²) in [5.41, 5.74) is 7.62. The molecule has 0 radical (unpaired) electrons. The summed E-state index contributed by atoms with van der Waals surface area (Å²) in [6.45, 7) is 2.35. The molecule has 1 aromatic carbocycles. The Morgan fingerprint density at radius 1 is 1.27 bits per heavy atom. The number of rotatable bonds is 5. The molecule has 0 amide bonds. The van der Waals surface area contributed by atoms with Gasteiger partial charge in [-0.1, -0.05) is 0 Å². The van der Waals surface area contributed by atoms with Crippen molar-refractivity contribution in [1.29, 1.82) is 0 Å². The Balaban J connectivity index is 1.96. The van der Waals surface area contributed by atoms with Crippen LogP contribution in [0.4, 0.5) is 0 Å². The number of sulfonamides is 1. The van der Waals surface area contributed by atoms with Crippen LogP contribution in [-0.4, -0.2) is 50.6 Å². The van der Waals surface area contributed by atoms with Crippen molar-refractivity contribution >= 4 is 20.9 Å². The van der Waals surface area contributed by atoms with Crippen LogP contribution in [0.1, 0.15) is 12.0 Å². The molecule has 7 heteroatoms. The molecule has 3 rings (SSSR count). The third-order valence-electron chi connectivity index (χ3n) is 4.00. The molecule has 0 saturated carbocycles. The van der Waals surface area contributed by atoms with E-state index in [1.165, 1.54) is 4.31 Å². The van der Waals surface area contributed by atoms with Crippen LogP contribution >= 0.6 is 0 Å². The second kappa shape index (κ2) is 6.37. The number of aromatic amines is 1. The summed E-state index contributed by atoms with van der Waals surface area (Å²) in [7, 11) is -3.45. The van der Waals surface area contributed by atoms with Crippen LogP contribution in [0, 0.1) is 0 Å². The number of nitrogens with two attached hydrogens (primary N) is 1. The number of hydrogen-bond donors (Lipinski definition) is 2. The van der Waals surface area contributed by atoms with Gasteiger partial charge in [0.15, 0.2) is 0 Å². The van der Waals surface area contributed by atoms with Gasteiger partial charge in [0.05, 0.1) is 18.1 Å². The third-order valence-corrected chi connectivity index (χ3v) is 5.89. The van der Waals surface area contributed by atoms with E-state index < -0.39 is 10.0 Å². The first-order valence-electron chi connectivity index (χ1n) is 7.51. The highest BCUT2D eigenvalue weighted by molar-refractivity contribution is 7.89. The number of fused-ring (bicyclic) bond motifs is 1. The zero-order valence-corrected chi connectivity index (χ0v) is 13.2. The van der Waals surface area contributed by atoms with Gasteiger partial charge in [-0.25, -0.2) is 8.42 Å². The number of aromatic nitrogens is 1. The topological polar surface area (TPSA) is 88.4 Å². The van der Waals surface area contributed by atoms with Gasteiger partial charge in [0.25, 0.3) is 0 Å². The predicted octanol–water partition coefficient (Wildman–Crippen LogP) is 1.08. The molecule has 2 aromatic rings. The summed E-state index contributed by atoms with van der Waals surface area (Å²) in [5, 5.41) is 0.961. The molecule has 0 spiro atoms. The van der Waals surface area contributed by atoms with E-state index in [2.05, 4.69) is 4.98 Å². The summed E-state index contributed by atoms with van der Waals surface area (Å²) < 4.78 is 32.2. The SMILES string of the molecule is NCCCc1c[nH]c2ccc(S(=O)(=O)N3CCOCC3)cc12. The predicted molar refractivity (Wildman–Crippen MR) is 85.3 cm³/mol. The van der Waals surface area contributed by atoms with Gasteiger partial charge in [-0.15, -0.1) is 0 Å². The largest absolute Gasteiger partial charge is 0.379 e. The minimum Gasteiger partial charge on any atom is -0.379 e. The van der Waals surface area contributed by atoms with E-state index in [9.17, 15) is 8.42 Å². The Morgan fingerprint density at radius 3 is 2.77 bits per heavy atom. The molecule has 0 atom stereocenters. The van der Waals surface area contributed by atoms with Gasteiger partial charge in [-0.3, -0.25) is 0 Å². The maximum absolute atomic E-state index is 12.7. The Kier molecular flexibility index (Phi) is 4.49. The fourth-order valence-corrected chi connectivity index (χ4v) is 4.19. The van der Waals surface area contributed by atoms with Crippen molar-refractivity contribution in [2.24, 2.45) is 5.73 Å². The summed E-state index contributed by atoms with van der Waals surface area (Å²) >= 11 is 0. The molecule has 0 aliphatic carbocycles. The van der Waals surface area contributed by atoms with Gasteiger partial charge in [0.2, 0.25) is 10.0 Å². The highest BCUT2D eigenvalue weighted by Crippen LogP contribution is 2.25. The lowest BCUT2D eigenvalue weighted by atomic mass is 10.1. The van der Waals surface area contributed by atoms with Crippen molar-refractivity contribution in [2.75, 3.05) is 32.8 Å². The van der Waals surface area contributed by atoms with E-state index >= 15 is 0 Å². The quantitative estimate of drug-likeness (QED) is 0.862. The van der Waals surface area contributed by atoms with Gasteiger partial charge >= 0.3 is 0 Å². The van der Waals surface area contributed by atoms with E-state index in [0.29, 0.717) is 37.7 Å². The smallest absolute Gasteiger partial charge is 0.243 e. The minimum atomic E-state index is -3.45. The van der Waals surface area contributed by atoms with Crippen molar-refractivity contribution in [3.8, 4) is 0 Å². The van der Waals surface area contributed by atoms with Crippen molar-refractivity contribution < 1.29 is 13.2 Å². The molecule has 6 nitrogen and oxygen atoms in total. The summed E-state index contributed by atoms with van der Waals surface area (Å²) in [6, 6.07) is 5.26. The fraction of sp³-hybridized carbons (Fsp3) is 0.467. The van der Waals surface area contributed by atoms with Gasteiger partial charge < -0.3 is 15.5 Å². The van der Waals surface area contributed by atoms with Crippen LogP contribution in [0.25, 0.3) is 10.9 Å². The molecule has 1 aromatic heterocycles. The molecule has 1 aliphatic heterocycles. The Hall–Kier alpha value is -1.41. The molecule has 3 N–H and O–H groups in total. The van der Waals surface area contributed by atoms with Crippen molar-refractivity contribution in [1.82, 2.24) is 9.29 Å². The zero-order valence-electron chi connectivity index (χ0n) is 12.4. The van der Waals surface area contributed by atoms with Gasteiger partial charge in [-0.05, 0) is 43.1 Å². The lowest BCUT2D eigenvalue weighted by Crippen LogP contribution is -2.40.